The third-order valence-corrected chi connectivity index (χ3v) is 2.45. The van der Waals surface area contributed by atoms with Gasteiger partial charge >= 0.3 is 0 Å². The average molecular weight is 217 g/mol. The summed E-state index contributed by atoms with van der Waals surface area (Å²) >= 11 is 0. The number of nitrogens with zero attached hydrogens (tertiary/aromatic N) is 3. The molecule has 0 N–H and O–H groups in total. The van der Waals surface area contributed by atoms with E-state index in [-0.39, 0.29) is 5.95 Å². The molecule has 1 aliphatic heterocycles. The zero-order valence-corrected chi connectivity index (χ0v) is 7.91. The van der Waals surface area contributed by atoms with Crippen LogP contribution >= 0.6 is 0 Å². The lowest BCUT2D eigenvalue weighted by Gasteiger charge is -2.23. The van der Waals surface area contributed by atoms with Crippen molar-refractivity contribution in [3.05, 3.63) is 18.2 Å². The van der Waals surface area contributed by atoms with E-state index in [2.05, 4.69) is 9.97 Å². The summed E-state index contributed by atoms with van der Waals surface area (Å²) in [7, 11) is 0. The lowest BCUT2D eigenvalue weighted by atomic mass is 10.2. The highest BCUT2D eigenvalue weighted by molar-refractivity contribution is 5.32. The van der Waals surface area contributed by atoms with Crippen molar-refractivity contribution in [1.82, 2.24) is 9.97 Å². The van der Waals surface area contributed by atoms with E-state index in [9.17, 15) is 13.2 Å². The van der Waals surface area contributed by atoms with Crippen LogP contribution in [0.3, 0.4) is 0 Å². The zero-order valence-electron chi connectivity index (χ0n) is 7.91. The lowest BCUT2D eigenvalue weighted by Crippen LogP contribution is -2.36. The molecule has 82 valence electrons. The molecule has 2 heterocycles. The molecule has 15 heavy (non-hydrogen) atoms. The Bertz CT molecular complexity index is 328. The van der Waals surface area contributed by atoms with Gasteiger partial charge in [-0.25, -0.2) is 23.1 Å². The minimum atomic E-state index is -2.42. The molecule has 0 unspecified atom stereocenters. The van der Waals surface area contributed by atoms with Crippen LogP contribution in [0.15, 0.2) is 12.4 Å². The monoisotopic (exact) mass is 217 g/mol. The molecule has 1 fully saturated rings. The fourth-order valence-electron chi connectivity index (χ4n) is 1.76. The van der Waals surface area contributed by atoms with Crippen LogP contribution in [-0.4, -0.2) is 29.0 Å². The van der Waals surface area contributed by atoms with E-state index in [1.54, 1.807) is 0 Å². The van der Waals surface area contributed by atoms with Gasteiger partial charge in [0, 0.05) is 6.54 Å². The lowest BCUT2D eigenvalue weighted by molar-refractivity contribution is 0.117. The van der Waals surface area contributed by atoms with Gasteiger partial charge in [0.1, 0.15) is 0 Å². The van der Waals surface area contributed by atoms with Crippen LogP contribution in [0.2, 0.25) is 0 Å². The second-order valence-electron chi connectivity index (χ2n) is 3.44. The molecule has 0 spiro atoms. The van der Waals surface area contributed by atoms with Gasteiger partial charge in [-0.1, -0.05) is 0 Å². The van der Waals surface area contributed by atoms with Crippen molar-refractivity contribution < 1.29 is 13.2 Å². The molecule has 2 rings (SSSR count). The van der Waals surface area contributed by atoms with Crippen molar-refractivity contribution in [1.29, 1.82) is 0 Å². The first-order valence-corrected chi connectivity index (χ1v) is 4.71. The van der Waals surface area contributed by atoms with E-state index in [1.807, 2.05) is 0 Å². The van der Waals surface area contributed by atoms with E-state index in [0.717, 1.165) is 12.4 Å². The van der Waals surface area contributed by atoms with Crippen LogP contribution in [0.1, 0.15) is 12.8 Å². The summed E-state index contributed by atoms with van der Waals surface area (Å²) in [5.41, 5.74) is 0. The maximum absolute atomic E-state index is 12.6. The van der Waals surface area contributed by atoms with E-state index in [0.29, 0.717) is 19.4 Å². The van der Waals surface area contributed by atoms with Gasteiger partial charge in [0.05, 0.1) is 18.4 Å². The van der Waals surface area contributed by atoms with Gasteiger partial charge in [-0.15, -0.1) is 0 Å². The maximum atomic E-state index is 12.6. The van der Waals surface area contributed by atoms with Gasteiger partial charge in [-0.3, -0.25) is 0 Å². The molecule has 3 nitrogen and oxygen atoms in total. The summed E-state index contributed by atoms with van der Waals surface area (Å²) < 4.78 is 37.7. The van der Waals surface area contributed by atoms with Gasteiger partial charge in [0.2, 0.25) is 5.95 Å². The van der Waals surface area contributed by atoms with E-state index >= 15 is 0 Å². The number of hydrogen-bond donors (Lipinski definition) is 0. The molecule has 0 aliphatic carbocycles. The molecule has 0 saturated carbocycles. The van der Waals surface area contributed by atoms with Crippen LogP contribution in [0.25, 0.3) is 0 Å². The number of aromatic nitrogens is 2. The fourth-order valence-corrected chi connectivity index (χ4v) is 1.76. The van der Waals surface area contributed by atoms with Gasteiger partial charge in [-0.05, 0) is 12.8 Å². The Balaban J connectivity index is 2.19. The molecule has 0 amide bonds. The van der Waals surface area contributed by atoms with Crippen molar-refractivity contribution in [3.8, 4) is 0 Å². The summed E-state index contributed by atoms with van der Waals surface area (Å²) in [4.78, 5) is 8.83. The first-order valence-electron chi connectivity index (χ1n) is 4.71. The van der Waals surface area contributed by atoms with Crippen LogP contribution in [0.4, 0.5) is 19.1 Å². The first-order chi connectivity index (χ1) is 7.18. The third-order valence-electron chi connectivity index (χ3n) is 2.45. The smallest absolute Gasteiger partial charge is 0.258 e. The van der Waals surface area contributed by atoms with Crippen LogP contribution in [0, 0.1) is 5.82 Å². The van der Waals surface area contributed by atoms with Crippen molar-refractivity contribution in [2.75, 3.05) is 11.4 Å². The Labute approximate surface area is 84.9 Å². The minimum absolute atomic E-state index is 0.180. The van der Waals surface area contributed by atoms with Crippen molar-refractivity contribution in [3.63, 3.8) is 0 Å². The predicted octanol–water partition coefficient (Wildman–Crippen LogP) is 1.85. The van der Waals surface area contributed by atoms with Gasteiger partial charge in [-0.2, -0.15) is 0 Å². The van der Waals surface area contributed by atoms with Crippen molar-refractivity contribution in [2.24, 2.45) is 0 Å². The molecule has 0 aromatic carbocycles. The zero-order chi connectivity index (χ0) is 10.8. The number of alkyl halides is 2. The molecular weight excluding hydrogens is 207 g/mol. The number of anilines is 1. The van der Waals surface area contributed by atoms with Gasteiger partial charge < -0.3 is 4.90 Å². The topological polar surface area (TPSA) is 29.0 Å². The molecular formula is C9H10F3N3. The SMILES string of the molecule is Fc1cnc(N2CCC[C@@H]2C(F)F)nc1. The largest absolute Gasteiger partial charge is 0.332 e. The van der Waals surface area contributed by atoms with E-state index < -0.39 is 18.3 Å². The molecule has 0 radical (unpaired) electrons. The fraction of sp³-hybridized carbons (Fsp3) is 0.556. The maximum Gasteiger partial charge on any atom is 0.258 e. The molecule has 1 atom stereocenters. The summed E-state index contributed by atoms with van der Waals surface area (Å²) in [6, 6.07) is -0.838. The van der Waals surface area contributed by atoms with E-state index in [4.69, 9.17) is 0 Å². The second kappa shape index (κ2) is 4.04. The number of hydrogen-bond acceptors (Lipinski definition) is 3. The van der Waals surface area contributed by atoms with Crippen molar-refractivity contribution in [2.45, 2.75) is 25.3 Å². The Morgan fingerprint density at radius 2 is 2.00 bits per heavy atom. The van der Waals surface area contributed by atoms with Crippen LogP contribution in [-0.2, 0) is 0 Å². The molecule has 1 aromatic rings. The Kier molecular flexibility index (Phi) is 2.75. The summed E-state index contributed by atoms with van der Waals surface area (Å²) in [5, 5.41) is 0. The summed E-state index contributed by atoms with van der Waals surface area (Å²) in [6.07, 6.45) is 0.682. The quantitative estimate of drug-likeness (QED) is 0.757. The van der Waals surface area contributed by atoms with Gasteiger partial charge in [0.15, 0.2) is 5.82 Å². The first kappa shape index (κ1) is 10.2. The van der Waals surface area contributed by atoms with Gasteiger partial charge in [0.25, 0.3) is 6.43 Å². The summed E-state index contributed by atoms with van der Waals surface area (Å²) in [5.74, 6) is -0.384. The third kappa shape index (κ3) is 2.03. The van der Waals surface area contributed by atoms with Crippen LogP contribution < -0.4 is 4.90 Å². The highest BCUT2D eigenvalue weighted by atomic mass is 19.3. The molecule has 0 bridgehead atoms. The average Bonchev–Trinajstić information content (AvgIpc) is 2.67. The minimum Gasteiger partial charge on any atom is -0.332 e. The molecule has 1 saturated heterocycles. The number of rotatable bonds is 2. The Morgan fingerprint density at radius 3 is 2.60 bits per heavy atom. The second-order valence-corrected chi connectivity index (χ2v) is 3.44. The normalized spacial score (nSPS) is 21.3. The summed E-state index contributed by atoms with van der Waals surface area (Å²) in [6.45, 7) is 0.501. The van der Waals surface area contributed by atoms with E-state index in [1.165, 1.54) is 4.90 Å². The van der Waals surface area contributed by atoms with Crippen molar-refractivity contribution >= 4 is 5.95 Å². The Hall–Kier alpha value is -1.33. The highest BCUT2D eigenvalue weighted by Crippen LogP contribution is 2.26. The number of halogens is 3. The molecule has 6 heteroatoms. The molecule has 1 aliphatic rings. The predicted molar refractivity (Wildman–Crippen MR) is 48.4 cm³/mol. The van der Waals surface area contributed by atoms with Crippen LogP contribution in [0.5, 0.6) is 0 Å². The standard InChI is InChI=1S/C9H10F3N3/c10-6-4-13-9(14-5-6)15-3-1-2-7(15)8(11)12/h4-5,7-8H,1-3H2/t7-/m1/s1. The Morgan fingerprint density at radius 1 is 1.33 bits per heavy atom. The molecule has 1 aromatic heterocycles. The highest BCUT2D eigenvalue weighted by Gasteiger charge is 2.33.